The van der Waals surface area contributed by atoms with Crippen molar-refractivity contribution in [2.24, 2.45) is 0 Å². The zero-order valence-electron chi connectivity index (χ0n) is 6.96. The number of fused-ring (bicyclic) bond motifs is 1. The summed E-state index contributed by atoms with van der Waals surface area (Å²) in [6.07, 6.45) is 0. The summed E-state index contributed by atoms with van der Waals surface area (Å²) in [6.45, 7) is 0. The van der Waals surface area contributed by atoms with E-state index >= 15 is 0 Å². The molecule has 4 heteroatoms. The minimum Gasteiger partial charge on any atom is -0.236 e. The normalized spacial score (nSPS) is 10.1. The van der Waals surface area contributed by atoms with Gasteiger partial charge in [0.1, 0.15) is 17.6 Å². The molecule has 0 atom stereocenters. The molecule has 2 nitrogen and oxygen atoms in total. The molecule has 0 fully saturated rings. The maximum Gasteiger partial charge on any atom is 0.141 e. The fraction of sp³-hybridized carbons (Fsp3) is 0. The molecular weight excluding hydrogens is 247 g/mol. The molecule has 0 aliphatic rings. The highest BCUT2D eigenvalue weighted by Gasteiger charge is 2.04. The molecule has 1 aromatic carbocycles. The molecule has 0 saturated carbocycles. The summed E-state index contributed by atoms with van der Waals surface area (Å²) < 4.78 is 13.5. The van der Waals surface area contributed by atoms with Crippen molar-refractivity contribution in [3.63, 3.8) is 0 Å². The van der Waals surface area contributed by atoms with Crippen molar-refractivity contribution >= 4 is 26.8 Å². The summed E-state index contributed by atoms with van der Waals surface area (Å²) in [6, 6.07) is 7.89. The lowest BCUT2D eigenvalue weighted by atomic mass is 10.2. The molecule has 0 bridgehead atoms. The molecule has 1 heterocycles. The third-order valence-electron chi connectivity index (χ3n) is 1.83. The van der Waals surface area contributed by atoms with Gasteiger partial charge in [0.05, 0.1) is 5.52 Å². The van der Waals surface area contributed by atoms with Crippen LogP contribution in [0, 0.1) is 17.1 Å². The Kier molecular flexibility index (Phi) is 2.18. The van der Waals surface area contributed by atoms with Crippen LogP contribution in [0.4, 0.5) is 4.39 Å². The van der Waals surface area contributed by atoms with E-state index in [4.69, 9.17) is 5.26 Å². The number of halogens is 2. The minimum absolute atomic E-state index is 0.323. The number of pyridine rings is 1. The van der Waals surface area contributed by atoms with Crippen LogP contribution in [0.1, 0.15) is 5.69 Å². The second kappa shape index (κ2) is 3.35. The molecule has 2 rings (SSSR count). The van der Waals surface area contributed by atoms with E-state index in [1.165, 1.54) is 12.1 Å². The maximum absolute atomic E-state index is 13.0. The van der Waals surface area contributed by atoms with Gasteiger partial charge in [-0.3, -0.25) is 0 Å². The molecule has 0 unspecified atom stereocenters. The van der Waals surface area contributed by atoms with Crippen LogP contribution in [0.15, 0.2) is 28.7 Å². The molecule has 0 radical (unpaired) electrons. The number of benzene rings is 1. The van der Waals surface area contributed by atoms with Crippen LogP contribution < -0.4 is 0 Å². The number of hydrogen-bond acceptors (Lipinski definition) is 2. The highest BCUT2D eigenvalue weighted by atomic mass is 79.9. The molecular formula is C10H4BrFN2. The predicted octanol–water partition coefficient (Wildman–Crippen LogP) is 3.01. The second-order valence-corrected chi connectivity index (χ2v) is 3.62. The molecule has 0 N–H and O–H groups in total. The number of hydrogen-bond donors (Lipinski definition) is 0. The Balaban J connectivity index is 2.84. The van der Waals surface area contributed by atoms with Crippen molar-refractivity contribution < 1.29 is 4.39 Å². The fourth-order valence-electron chi connectivity index (χ4n) is 1.22. The van der Waals surface area contributed by atoms with Crippen LogP contribution in [0.2, 0.25) is 0 Å². The summed E-state index contributed by atoms with van der Waals surface area (Å²) in [4.78, 5) is 4.06. The standard InChI is InChI=1S/C10H4BrFN2/c11-9-4-7(12)3-6-1-2-8(5-13)14-10(6)9/h1-4H. The molecule has 0 aliphatic heterocycles. The van der Waals surface area contributed by atoms with Crippen LogP contribution in [0.25, 0.3) is 10.9 Å². The van der Waals surface area contributed by atoms with Gasteiger partial charge in [0.25, 0.3) is 0 Å². The largest absolute Gasteiger partial charge is 0.236 e. The van der Waals surface area contributed by atoms with Crippen LogP contribution in [0.3, 0.4) is 0 Å². The first-order chi connectivity index (χ1) is 6.70. The number of rotatable bonds is 0. The number of nitriles is 1. The first-order valence-corrected chi connectivity index (χ1v) is 4.66. The number of nitrogens with zero attached hydrogens (tertiary/aromatic N) is 2. The van der Waals surface area contributed by atoms with Gasteiger partial charge < -0.3 is 0 Å². The zero-order chi connectivity index (χ0) is 10.1. The minimum atomic E-state index is -0.323. The molecule has 0 aliphatic carbocycles. The van der Waals surface area contributed by atoms with Crippen molar-refractivity contribution in [3.8, 4) is 6.07 Å². The lowest BCUT2D eigenvalue weighted by Crippen LogP contribution is -1.86. The summed E-state index contributed by atoms with van der Waals surface area (Å²) in [5.74, 6) is -0.323. The van der Waals surface area contributed by atoms with Crippen molar-refractivity contribution in [1.29, 1.82) is 5.26 Å². The van der Waals surface area contributed by atoms with Gasteiger partial charge in [-0.1, -0.05) is 0 Å². The highest BCUT2D eigenvalue weighted by molar-refractivity contribution is 9.10. The average Bonchev–Trinajstić information content (AvgIpc) is 2.17. The van der Waals surface area contributed by atoms with E-state index in [0.29, 0.717) is 21.1 Å². The molecule has 14 heavy (non-hydrogen) atoms. The first-order valence-electron chi connectivity index (χ1n) is 3.86. The van der Waals surface area contributed by atoms with E-state index in [2.05, 4.69) is 20.9 Å². The van der Waals surface area contributed by atoms with E-state index in [9.17, 15) is 4.39 Å². The summed E-state index contributed by atoms with van der Waals surface area (Å²) in [5.41, 5.74) is 0.926. The SMILES string of the molecule is N#Cc1ccc2cc(F)cc(Br)c2n1. The van der Waals surface area contributed by atoms with Gasteiger partial charge in [0.15, 0.2) is 0 Å². The first kappa shape index (κ1) is 9.10. The smallest absolute Gasteiger partial charge is 0.141 e. The van der Waals surface area contributed by atoms with Crippen molar-refractivity contribution in [3.05, 3.63) is 40.2 Å². The van der Waals surface area contributed by atoms with Gasteiger partial charge >= 0.3 is 0 Å². The number of aromatic nitrogens is 1. The van der Waals surface area contributed by atoms with Crippen LogP contribution in [-0.4, -0.2) is 4.98 Å². The summed E-state index contributed by atoms with van der Waals surface area (Å²) in [5, 5.41) is 9.32. The molecule has 1 aromatic heterocycles. The highest BCUT2D eigenvalue weighted by Crippen LogP contribution is 2.23. The second-order valence-electron chi connectivity index (χ2n) is 2.77. The topological polar surface area (TPSA) is 36.7 Å². The Morgan fingerprint density at radius 2 is 2.14 bits per heavy atom. The quantitative estimate of drug-likeness (QED) is 0.721. The lowest BCUT2D eigenvalue weighted by molar-refractivity contribution is 0.629. The average molecular weight is 251 g/mol. The van der Waals surface area contributed by atoms with Crippen molar-refractivity contribution in [2.75, 3.05) is 0 Å². The van der Waals surface area contributed by atoms with E-state index in [1.807, 2.05) is 6.07 Å². The Labute approximate surface area is 88.1 Å². The van der Waals surface area contributed by atoms with E-state index in [1.54, 1.807) is 12.1 Å². The van der Waals surface area contributed by atoms with Crippen LogP contribution in [0.5, 0.6) is 0 Å². The Morgan fingerprint density at radius 3 is 2.86 bits per heavy atom. The molecule has 0 amide bonds. The predicted molar refractivity (Wildman–Crippen MR) is 54.1 cm³/mol. The molecule has 2 aromatic rings. The van der Waals surface area contributed by atoms with E-state index < -0.39 is 0 Å². The fourth-order valence-corrected chi connectivity index (χ4v) is 1.76. The summed E-state index contributed by atoms with van der Waals surface area (Å²) in [7, 11) is 0. The zero-order valence-corrected chi connectivity index (χ0v) is 8.55. The van der Waals surface area contributed by atoms with Gasteiger partial charge in [-0.25, -0.2) is 9.37 Å². The van der Waals surface area contributed by atoms with Gasteiger partial charge in [0.2, 0.25) is 0 Å². The van der Waals surface area contributed by atoms with Crippen molar-refractivity contribution in [2.45, 2.75) is 0 Å². The molecule has 68 valence electrons. The van der Waals surface area contributed by atoms with Crippen LogP contribution >= 0.6 is 15.9 Å². The maximum atomic E-state index is 13.0. The van der Waals surface area contributed by atoms with Gasteiger partial charge in [-0.15, -0.1) is 0 Å². The molecule has 0 spiro atoms. The Hall–Kier alpha value is -1.47. The van der Waals surface area contributed by atoms with Gasteiger partial charge in [-0.2, -0.15) is 5.26 Å². The molecule has 0 saturated heterocycles. The Morgan fingerprint density at radius 1 is 1.36 bits per heavy atom. The summed E-state index contributed by atoms with van der Waals surface area (Å²) >= 11 is 3.20. The van der Waals surface area contributed by atoms with Gasteiger partial charge in [-0.05, 0) is 40.2 Å². The van der Waals surface area contributed by atoms with E-state index in [-0.39, 0.29) is 5.82 Å². The van der Waals surface area contributed by atoms with Gasteiger partial charge in [0, 0.05) is 9.86 Å². The third-order valence-corrected chi connectivity index (χ3v) is 2.43. The lowest BCUT2D eigenvalue weighted by Gasteiger charge is -2.00. The van der Waals surface area contributed by atoms with Crippen molar-refractivity contribution in [1.82, 2.24) is 4.98 Å². The van der Waals surface area contributed by atoms with E-state index in [0.717, 1.165) is 0 Å². The van der Waals surface area contributed by atoms with Crippen LogP contribution in [-0.2, 0) is 0 Å². The third kappa shape index (κ3) is 1.47. The monoisotopic (exact) mass is 250 g/mol. The Bertz CT molecular complexity index is 546.